The van der Waals surface area contributed by atoms with Crippen molar-refractivity contribution in [2.75, 3.05) is 6.54 Å². The summed E-state index contributed by atoms with van der Waals surface area (Å²) in [4.78, 5) is 17.6. The van der Waals surface area contributed by atoms with E-state index in [-0.39, 0.29) is 12.3 Å². The van der Waals surface area contributed by atoms with Crippen molar-refractivity contribution in [1.29, 1.82) is 0 Å². The van der Waals surface area contributed by atoms with Gasteiger partial charge in [0.15, 0.2) is 5.78 Å². The first kappa shape index (κ1) is 14.6. The quantitative estimate of drug-likeness (QED) is 0.456. The standard InChI is InChI=1S/C15H16N4O3/c16-19-17-7-13(21)15(22)8-4-5-11-10(6-8)9-2-1-3-12(20)14(9)18-11/h4-6,13,15,18,21-22H,1-3,7H2. The maximum Gasteiger partial charge on any atom is 0.179 e. The number of hydrogen-bond acceptors (Lipinski definition) is 4. The topological polar surface area (TPSA) is 122 Å². The van der Waals surface area contributed by atoms with Gasteiger partial charge in [0.1, 0.15) is 6.10 Å². The zero-order chi connectivity index (χ0) is 15.7. The van der Waals surface area contributed by atoms with Crippen molar-refractivity contribution in [3.8, 4) is 0 Å². The van der Waals surface area contributed by atoms with Crippen molar-refractivity contribution in [3.63, 3.8) is 0 Å². The molecule has 0 bridgehead atoms. The third-order valence-corrected chi connectivity index (χ3v) is 4.08. The minimum atomic E-state index is -1.16. The Kier molecular flexibility index (Phi) is 3.85. The van der Waals surface area contributed by atoms with Gasteiger partial charge in [0, 0.05) is 22.2 Å². The van der Waals surface area contributed by atoms with Crippen LogP contribution in [0.15, 0.2) is 23.3 Å². The van der Waals surface area contributed by atoms with E-state index in [2.05, 4.69) is 15.0 Å². The average Bonchev–Trinajstić information content (AvgIpc) is 2.91. The number of aryl methyl sites for hydroxylation is 1. The van der Waals surface area contributed by atoms with E-state index < -0.39 is 12.2 Å². The molecule has 7 nitrogen and oxygen atoms in total. The van der Waals surface area contributed by atoms with Gasteiger partial charge in [0.2, 0.25) is 0 Å². The predicted octanol–water partition coefficient (Wildman–Crippen LogP) is 2.39. The number of fused-ring (bicyclic) bond motifs is 3. The molecule has 0 fully saturated rings. The predicted molar refractivity (Wildman–Crippen MR) is 80.5 cm³/mol. The van der Waals surface area contributed by atoms with Crippen LogP contribution in [0.25, 0.3) is 21.3 Å². The largest absolute Gasteiger partial charge is 0.390 e. The van der Waals surface area contributed by atoms with Crippen LogP contribution in [0.2, 0.25) is 0 Å². The molecule has 114 valence electrons. The van der Waals surface area contributed by atoms with E-state index >= 15 is 0 Å². The molecule has 0 radical (unpaired) electrons. The summed E-state index contributed by atoms with van der Waals surface area (Å²) >= 11 is 0. The summed E-state index contributed by atoms with van der Waals surface area (Å²) in [7, 11) is 0. The zero-order valence-corrected chi connectivity index (χ0v) is 11.9. The first-order valence-electron chi connectivity index (χ1n) is 7.16. The summed E-state index contributed by atoms with van der Waals surface area (Å²) in [6.45, 7) is -0.195. The number of rotatable bonds is 4. The number of aliphatic hydroxyl groups is 2. The molecule has 1 aliphatic carbocycles. The highest BCUT2D eigenvalue weighted by Gasteiger charge is 2.23. The maximum atomic E-state index is 11.9. The first-order valence-corrected chi connectivity index (χ1v) is 7.16. The second-order valence-corrected chi connectivity index (χ2v) is 5.49. The van der Waals surface area contributed by atoms with Crippen molar-refractivity contribution < 1.29 is 15.0 Å². The minimum Gasteiger partial charge on any atom is -0.390 e. The second kappa shape index (κ2) is 5.81. The monoisotopic (exact) mass is 300 g/mol. The molecule has 1 aliphatic rings. The molecule has 0 saturated carbocycles. The number of Topliss-reactive ketones (excluding diaryl/α,β-unsaturated/α-hetero) is 1. The van der Waals surface area contributed by atoms with Gasteiger partial charge < -0.3 is 15.2 Å². The molecule has 1 aromatic carbocycles. The van der Waals surface area contributed by atoms with Crippen LogP contribution >= 0.6 is 0 Å². The summed E-state index contributed by atoms with van der Waals surface area (Å²) in [5.41, 5.74) is 11.3. The van der Waals surface area contributed by atoms with Crippen molar-refractivity contribution in [1.82, 2.24) is 4.98 Å². The van der Waals surface area contributed by atoms with Gasteiger partial charge in [-0.3, -0.25) is 4.79 Å². The molecule has 2 unspecified atom stereocenters. The molecule has 3 N–H and O–H groups in total. The molecular formula is C15H16N4O3. The molecule has 0 amide bonds. The van der Waals surface area contributed by atoms with Crippen LogP contribution in [0, 0.1) is 0 Å². The van der Waals surface area contributed by atoms with E-state index in [9.17, 15) is 15.0 Å². The molecule has 0 saturated heterocycles. The summed E-state index contributed by atoms with van der Waals surface area (Å²) in [5.74, 6) is 0.114. The van der Waals surface area contributed by atoms with Gasteiger partial charge >= 0.3 is 0 Å². The van der Waals surface area contributed by atoms with Gasteiger partial charge in [0.25, 0.3) is 0 Å². The Bertz CT molecular complexity index is 776. The van der Waals surface area contributed by atoms with Crippen LogP contribution in [0.1, 0.15) is 40.6 Å². The van der Waals surface area contributed by atoms with Gasteiger partial charge in [-0.1, -0.05) is 11.2 Å². The number of nitrogens with zero attached hydrogens (tertiary/aromatic N) is 3. The Balaban J connectivity index is 1.99. The number of ketones is 1. The summed E-state index contributed by atoms with van der Waals surface area (Å²) in [6, 6.07) is 5.27. The number of H-pyrrole nitrogens is 1. The Hall–Kier alpha value is -2.34. The molecule has 0 spiro atoms. The number of aromatic nitrogens is 1. The summed E-state index contributed by atoms with van der Waals surface area (Å²) in [6.07, 6.45) is -0.0998. The highest BCUT2D eigenvalue weighted by atomic mass is 16.3. The highest BCUT2D eigenvalue weighted by molar-refractivity contribution is 6.03. The fourth-order valence-electron chi connectivity index (χ4n) is 2.94. The Morgan fingerprint density at radius 3 is 2.95 bits per heavy atom. The highest BCUT2D eigenvalue weighted by Crippen LogP contribution is 2.31. The molecule has 7 heteroatoms. The van der Waals surface area contributed by atoms with Gasteiger partial charge in [0.05, 0.1) is 18.3 Å². The van der Waals surface area contributed by atoms with Crippen LogP contribution in [-0.4, -0.2) is 33.6 Å². The number of azide groups is 1. The number of aromatic amines is 1. The molecule has 1 heterocycles. The van der Waals surface area contributed by atoms with Crippen LogP contribution in [-0.2, 0) is 6.42 Å². The SMILES string of the molecule is [N-]=[N+]=NCC(O)C(O)c1ccc2[nH]c3c(c2c1)CCCC3=O. The van der Waals surface area contributed by atoms with Crippen molar-refractivity contribution in [2.45, 2.75) is 31.5 Å². The molecule has 0 aliphatic heterocycles. The Labute approximate surface area is 126 Å². The van der Waals surface area contributed by atoms with E-state index in [0.29, 0.717) is 17.7 Å². The number of nitrogens with one attached hydrogen (secondary N) is 1. The fraction of sp³-hybridized carbons (Fsp3) is 0.400. The van der Waals surface area contributed by atoms with Crippen LogP contribution in [0.4, 0.5) is 0 Å². The van der Waals surface area contributed by atoms with E-state index in [1.54, 1.807) is 18.2 Å². The van der Waals surface area contributed by atoms with Gasteiger partial charge in [-0.15, -0.1) is 0 Å². The number of carbonyl (C=O) groups is 1. The smallest absolute Gasteiger partial charge is 0.179 e. The van der Waals surface area contributed by atoms with Crippen LogP contribution in [0.5, 0.6) is 0 Å². The van der Waals surface area contributed by atoms with Crippen molar-refractivity contribution in [3.05, 3.63) is 45.5 Å². The molecule has 2 aromatic rings. The van der Waals surface area contributed by atoms with Gasteiger partial charge in [-0.25, -0.2) is 0 Å². The third-order valence-electron chi connectivity index (χ3n) is 4.08. The Morgan fingerprint density at radius 2 is 2.18 bits per heavy atom. The minimum absolute atomic E-state index is 0.114. The van der Waals surface area contributed by atoms with Gasteiger partial charge in [-0.05, 0) is 41.6 Å². The summed E-state index contributed by atoms with van der Waals surface area (Å²) in [5, 5.41) is 24.2. The van der Waals surface area contributed by atoms with Crippen LogP contribution < -0.4 is 0 Å². The second-order valence-electron chi connectivity index (χ2n) is 5.49. The molecule has 22 heavy (non-hydrogen) atoms. The number of benzene rings is 1. The normalized spacial score (nSPS) is 16.9. The van der Waals surface area contributed by atoms with Crippen molar-refractivity contribution >= 4 is 16.7 Å². The van der Waals surface area contributed by atoms with Crippen LogP contribution in [0.3, 0.4) is 0 Å². The number of aliphatic hydroxyl groups excluding tert-OH is 2. The molecule has 3 rings (SSSR count). The molecule has 2 atom stereocenters. The van der Waals surface area contributed by atoms with E-state index in [1.165, 1.54) is 0 Å². The lowest BCUT2D eigenvalue weighted by atomic mass is 9.93. The maximum absolute atomic E-state index is 11.9. The average molecular weight is 300 g/mol. The fourth-order valence-corrected chi connectivity index (χ4v) is 2.94. The lowest BCUT2D eigenvalue weighted by Gasteiger charge is -2.16. The van der Waals surface area contributed by atoms with Gasteiger partial charge in [-0.2, -0.15) is 0 Å². The lowest BCUT2D eigenvalue weighted by Crippen LogP contribution is -2.21. The molecule has 1 aromatic heterocycles. The van der Waals surface area contributed by atoms with E-state index in [4.69, 9.17) is 5.53 Å². The summed E-state index contributed by atoms with van der Waals surface area (Å²) < 4.78 is 0. The number of hydrogen-bond donors (Lipinski definition) is 3. The van der Waals surface area contributed by atoms with E-state index in [0.717, 1.165) is 29.3 Å². The first-order chi connectivity index (χ1) is 10.6. The lowest BCUT2D eigenvalue weighted by molar-refractivity contribution is 0.0245. The van der Waals surface area contributed by atoms with E-state index in [1.807, 2.05) is 0 Å². The zero-order valence-electron chi connectivity index (χ0n) is 11.9. The van der Waals surface area contributed by atoms with Crippen molar-refractivity contribution in [2.24, 2.45) is 5.11 Å². The third kappa shape index (κ3) is 2.46. The Morgan fingerprint density at radius 1 is 1.36 bits per heavy atom. The molecular weight excluding hydrogens is 284 g/mol. The number of carbonyl (C=O) groups excluding carboxylic acids is 1.